The van der Waals surface area contributed by atoms with Crippen LogP contribution in [0.5, 0.6) is 0 Å². The summed E-state index contributed by atoms with van der Waals surface area (Å²) in [5.41, 5.74) is 1.43. The number of hydrogen-bond donors (Lipinski definition) is 1. The van der Waals surface area contributed by atoms with Crippen LogP contribution >= 0.6 is 23.1 Å². The molecule has 1 N–H and O–H groups in total. The first-order chi connectivity index (χ1) is 10.8. The number of aryl methyl sites for hydroxylation is 2. The molecule has 2 aromatic heterocycles. The molecule has 0 bridgehead atoms. The monoisotopic (exact) mass is 335 g/mol. The molecule has 0 aliphatic heterocycles. The Balaban J connectivity index is 1.73. The van der Waals surface area contributed by atoms with E-state index in [9.17, 15) is 4.79 Å². The highest BCUT2D eigenvalue weighted by Crippen LogP contribution is 2.39. The number of nitrogens with one attached hydrogen (secondary N) is 1. The first-order valence-electron chi connectivity index (χ1n) is 7.94. The molecular weight excluding hydrogens is 314 g/mol. The second-order valence-electron chi connectivity index (χ2n) is 5.56. The zero-order valence-electron chi connectivity index (χ0n) is 12.9. The Morgan fingerprint density at radius 3 is 3.09 bits per heavy atom. The lowest BCUT2D eigenvalue weighted by atomic mass is 9.97. The molecule has 0 saturated carbocycles. The second-order valence-corrected chi connectivity index (χ2v) is 7.61. The van der Waals surface area contributed by atoms with Gasteiger partial charge in [-0.25, -0.2) is 9.97 Å². The van der Waals surface area contributed by atoms with Gasteiger partial charge in [-0.3, -0.25) is 4.79 Å². The van der Waals surface area contributed by atoms with E-state index in [4.69, 9.17) is 0 Å². The summed E-state index contributed by atoms with van der Waals surface area (Å²) in [6, 6.07) is 0. The Bertz CT molecular complexity index is 669. The Morgan fingerprint density at radius 2 is 2.23 bits per heavy atom. The van der Waals surface area contributed by atoms with E-state index in [1.54, 1.807) is 17.7 Å². The highest BCUT2D eigenvalue weighted by Gasteiger charge is 2.20. The van der Waals surface area contributed by atoms with E-state index in [1.807, 2.05) is 0 Å². The van der Waals surface area contributed by atoms with Gasteiger partial charge in [0.15, 0.2) is 0 Å². The normalized spacial score (nSPS) is 14.0. The predicted octanol–water partition coefficient (Wildman–Crippen LogP) is 3.58. The van der Waals surface area contributed by atoms with Gasteiger partial charge in [-0.05, 0) is 37.7 Å². The van der Waals surface area contributed by atoms with Gasteiger partial charge in [0.1, 0.15) is 16.2 Å². The number of unbranched alkanes of at least 4 members (excludes halogenated alkanes) is 1. The number of nitrogens with zero attached hydrogens (tertiary/aromatic N) is 2. The van der Waals surface area contributed by atoms with Gasteiger partial charge in [-0.15, -0.1) is 11.3 Å². The second kappa shape index (κ2) is 7.42. The Hall–Kier alpha value is -1.14. The van der Waals surface area contributed by atoms with Crippen LogP contribution in [0.1, 0.15) is 43.0 Å². The van der Waals surface area contributed by atoms with Crippen LogP contribution in [0.15, 0.2) is 11.4 Å². The topological polar surface area (TPSA) is 54.9 Å². The van der Waals surface area contributed by atoms with Gasteiger partial charge in [0.05, 0.1) is 5.75 Å². The van der Waals surface area contributed by atoms with Crippen molar-refractivity contribution >= 4 is 39.2 Å². The fourth-order valence-electron chi connectivity index (χ4n) is 2.76. The van der Waals surface area contributed by atoms with Gasteiger partial charge < -0.3 is 5.32 Å². The maximum atomic E-state index is 11.9. The summed E-state index contributed by atoms with van der Waals surface area (Å²) in [7, 11) is 0. The maximum absolute atomic E-state index is 11.9. The van der Waals surface area contributed by atoms with Crippen molar-refractivity contribution in [1.29, 1.82) is 0 Å². The van der Waals surface area contributed by atoms with Gasteiger partial charge in [0.25, 0.3) is 0 Å². The fourth-order valence-corrected chi connectivity index (χ4v) is 4.91. The summed E-state index contributed by atoms with van der Waals surface area (Å²) in [6.45, 7) is 2.89. The number of rotatable bonds is 6. The molecule has 22 heavy (non-hydrogen) atoms. The van der Waals surface area contributed by atoms with E-state index in [-0.39, 0.29) is 5.91 Å². The lowest BCUT2D eigenvalue weighted by molar-refractivity contribution is -0.118. The molecule has 0 saturated heterocycles. The Kier molecular flexibility index (Phi) is 5.31. The van der Waals surface area contributed by atoms with Gasteiger partial charge in [-0.1, -0.05) is 25.1 Å². The molecule has 0 aromatic carbocycles. The highest BCUT2D eigenvalue weighted by atomic mass is 32.2. The summed E-state index contributed by atoms with van der Waals surface area (Å²) >= 11 is 3.34. The summed E-state index contributed by atoms with van der Waals surface area (Å²) in [5, 5.41) is 5.13. The molecule has 1 amide bonds. The first kappa shape index (κ1) is 15.7. The van der Waals surface area contributed by atoms with Gasteiger partial charge >= 0.3 is 0 Å². The highest BCUT2D eigenvalue weighted by molar-refractivity contribution is 8.00. The molecule has 0 fully saturated rings. The van der Waals surface area contributed by atoms with Gasteiger partial charge in [0, 0.05) is 16.8 Å². The first-order valence-corrected chi connectivity index (χ1v) is 9.74. The van der Waals surface area contributed by atoms with E-state index < -0.39 is 0 Å². The largest absolute Gasteiger partial charge is 0.355 e. The molecule has 0 atom stereocenters. The van der Waals surface area contributed by atoms with Crippen LogP contribution in [0.25, 0.3) is 10.2 Å². The van der Waals surface area contributed by atoms with E-state index >= 15 is 0 Å². The maximum Gasteiger partial charge on any atom is 0.230 e. The standard InChI is InChI=1S/C16H21N3OS2/c1-2-3-8-17-13(20)9-21-15-14-11-6-4-5-7-12(11)22-16(14)19-10-18-15/h10H,2-9H2,1H3,(H,17,20). The number of carbonyl (C=O) groups is 1. The van der Waals surface area contributed by atoms with Crippen molar-refractivity contribution in [1.82, 2.24) is 15.3 Å². The molecule has 2 aromatic rings. The van der Waals surface area contributed by atoms with E-state index in [0.717, 1.165) is 42.1 Å². The van der Waals surface area contributed by atoms with Crippen molar-refractivity contribution in [2.24, 2.45) is 0 Å². The van der Waals surface area contributed by atoms with Crippen LogP contribution in [0.2, 0.25) is 0 Å². The van der Waals surface area contributed by atoms with E-state index in [0.29, 0.717) is 5.75 Å². The predicted molar refractivity (Wildman–Crippen MR) is 92.7 cm³/mol. The summed E-state index contributed by atoms with van der Waals surface area (Å²) in [4.78, 5) is 23.3. The van der Waals surface area contributed by atoms with Crippen molar-refractivity contribution in [3.63, 3.8) is 0 Å². The number of thioether (sulfide) groups is 1. The smallest absolute Gasteiger partial charge is 0.230 e. The minimum absolute atomic E-state index is 0.0920. The molecule has 0 radical (unpaired) electrons. The van der Waals surface area contributed by atoms with Crippen LogP contribution in [-0.4, -0.2) is 28.2 Å². The number of amides is 1. The number of thiophene rings is 1. The zero-order valence-corrected chi connectivity index (χ0v) is 14.5. The minimum Gasteiger partial charge on any atom is -0.355 e. The third-order valence-corrected chi connectivity index (χ3v) is 6.10. The van der Waals surface area contributed by atoms with Crippen LogP contribution in [-0.2, 0) is 17.6 Å². The third-order valence-electron chi connectivity index (χ3n) is 3.91. The van der Waals surface area contributed by atoms with Gasteiger partial charge in [0.2, 0.25) is 5.91 Å². The minimum atomic E-state index is 0.0920. The molecule has 1 aliphatic carbocycles. The van der Waals surface area contributed by atoms with Crippen LogP contribution in [0.3, 0.4) is 0 Å². The molecule has 3 rings (SSSR count). The van der Waals surface area contributed by atoms with Crippen LogP contribution in [0.4, 0.5) is 0 Å². The third kappa shape index (κ3) is 3.43. The quantitative estimate of drug-likeness (QED) is 0.498. The average molecular weight is 335 g/mol. The van der Waals surface area contributed by atoms with Crippen LogP contribution in [0, 0.1) is 0 Å². The number of aromatic nitrogens is 2. The summed E-state index contributed by atoms with van der Waals surface area (Å²) in [6.07, 6.45) is 8.57. The Morgan fingerprint density at radius 1 is 1.36 bits per heavy atom. The molecule has 2 heterocycles. The molecule has 4 nitrogen and oxygen atoms in total. The fraction of sp³-hybridized carbons (Fsp3) is 0.562. The number of fused-ring (bicyclic) bond motifs is 3. The van der Waals surface area contributed by atoms with E-state index in [1.165, 1.54) is 40.4 Å². The zero-order chi connectivity index (χ0) is 15.4. The SMILES string of the molecule is CCCCNC(=O)CSc1ncnc2sc3c(c12)CCCC3. The molecule has 0 spiro atoms. The number of hydrogen-bond acceptors (Lipinski definition) is 5. The average Bonchev–Trinajstić information content (AvgIpc) is 2.92. The lowest BCUT2D eigenvalue weighted by Crippen LogP contribution is -2.26. The van der Waals surface area contributed by atoms with Crippen molar-refractivity contribution in [3.8, 4) is 0 Å². The molecular formula is C16H21N3OS2. The van der Waals surface area contributed by atoms with E-state index in [2.05, 4.69) is 22.2 Å². The molecule has 0 unspecified atom stereocenters. The van der Waals surface area contributed by atoms with Crippen molar-refractivity contribution in [3.05, 3.63) is 16.8 Å². The summed E-state index contributed by atoms with van der Waals surface area (Å²) < 4.78 is 0. The Labute approximate surface area is 139 Å². The lowest BCUT2D eigenvalue weighted by Gasteiger charge is -2.11. The van der Waals surface area contributed by atoms with Crippen molar-refractivity contribution in [2.45, 2.75) is 50.5 Å². The van der Waals surface area contributed by atoms with Gasteiger partial charge in [-0.2, -0.15) is 0 Å². The molecule has 6 heteroatoms. The molecule has 118 valence electrons. The van der Waals surface area contributed by atoms with Crippen LogP contribution < -0.4 is 5.32 Å². The number of carbonyl (C=O) groups excluding carboxylic acids is 1. The van der Waals surface area contributed by atoms with Crippen molar-refractivity contribution in [2.75, 3.05) is 12.3 Å². The summed E-state index contributed by atoms with van der Waals surface area (Å²) in [5.74, 6) is 0.523. The molecule has 1 aliphatic rings. The van der Waals surface area contributed by atoms with Crippen molar-refractivity contribution < 1.29 is 4.79 Å².